The third-order valence-electron chi connectivity index (χ3n) is 10.7. The third kappa shape index (κ3) is 4.53. The predicted molar refractivity (Wildman–Crippen MR) is 189 cm³/mol. The van der Waals surface area contributed by atoms with Crippen LogP contribution in [0.5, 0.6) is 0 Å². The predicted octanol–water partition coefficient (Wildman–Crippen LogP) is 11.9. The molecule has 0 saturated heterocycles. The van der Waals surface area contributed by atoms with Gasteiger partial charge in [-0.2, -0.15) is 0 Å². The van der Waals surface area contributed by atoms with E-state index in [1.54, 1.807) is 43.8 Å². The normalized spacial score (nSPS) is 20.2. The molecule has 0 saturated carbocycles. The molecule has 222 valence electrons. The third-order valence-corrected chi connectivity index (χ3v) is 22.2. The van der Waals surface area contributed by atoms with E-state index in [9.17, 15) is 0 Å². The van der Waals surface area contributed by atoms with Crippen molar-refractivity contribution in [3.63, 3.8) is 0 Å². The van der Waals surface area contributed by atoms with E-state index in [0.29, 0.717) is 7.35 Å². The number of hydrogen-bond acceptors (Lipinski definition) is 0. The molecule has 4 aromatic rings. The average Bonchev–Trinajstić information content (AvgIpc) is 3.44. The van der Waals surface area contributed by atoms with Gasteiger partial charge < -0.3 is 0 Å². The summed E-state index contributed by atoms with van der Waals surface area (Å²) in [6, 6.07) is 33.5. The summed E-state index contributed by atoms with van der Waals surface area (Å²) in [6.45, 7) is 24.2. The van der Waals surface area contributed by atoms with Crippen LogP contribution in [-0.2, 0) is 33.7 Å². The van der Waals surface area contributed by atoms with Gasteiger partial charge >= 0.3 is 280 Å². The van der Waals surface area contributed by atoms with E-state index < -0.39 is 31.0 Å². The number of benzene rings is 4. The molecule has 2 heteroatoms. The zero-order valence-corrected chi connectivity index (χ0v) is 32.8. The van der Waals surface area contributed by atoms with Crippen molar-refractivity contribution in [1.82, 2.24) is 0 Å². The van der Waals surface area contributed by atoms with Crippen molar-refractivity contribution in [3.05, 3.63) is 129 Å². The minimum absolute atomic E-state index is 0.160. The van der Waals surface area contributed by atoms with E-state index in [-0.39, 0.29) is 10.8 Å². The molecule has 2 aliphatic carbocycles. The molecule has 0 spiro atoms. The molecule has 0 amide bonds. The van der Waals surface area contributed by atoms with Crippen LogP contribution in [0.2, 0.25) is 13.1 Å². The van der Waals surface area contributed by atoms with Crippen LogP contribution < -0.4 is 0 Å². The molecular formula is C42H46HfSi. The van der Waals surface area contributed by atoms with Crippen LogP contribution in [-0.4, -0.2) is 8.07 Å². The van der Waals surface area contributed by atoms with Crippen molar-refractivity contribution in [2.24, 2.45) is 0 Å². The minimum atomic E-state index is -2.10. The van der Waals surface area contributed by atoms with Crippen LogP contribution in [0.4, 0.5) is 0 Å². The summed E-state index contributed by atoms with van der Waals surface area (Å²) in [6.07, 6.45) is 0. The molecule has 0 aromatic heterocycles. The molecular weight excluding hydrogens is 711 g/mol. The quantitative estimate of drug-likeness (QED) is 0.179. The molecule has 0 fully saturated rings. The first kappa shape index (κ1) is 30.1. The van der Waals surface area contributed by atoms with Crippen molar-refractivity contribution in [2.75, 3.05) is 0 Å². The number of fused-ring (bicyclic) bond motifs is 8. The molecule has 1 aliphatic heterocycles. The van der Waals surface area contributed by atoms with Gasteiger partial charge in [0.05, 0.1) is 0 Å². The van der Waals surface area contributed by atoms with Gasteiger partial charge in [-0.25, -0.2) is 0 Å². The summed E-state index contributed by atoms with van der Waals surface area (Å²) >= 11 is -1.21. The SMILES string of the molecule is CC1=C2c3c(-c4ccc(C(C)(C)C)cc4)cccc3[CH]1[Hf][CH]1C(C)=C(c3c(-c4ccc(C(C)(C)C)cc4)cccc31)[Si]2(C)C. The Morgan fingerprint density at radius 2 is 0.886 bits per heavy atom. The second-order valence-electron chi connectivity index (χ2n) is 16.0. The summed E-state index contributed by atoms with van der Waals surface area (Å²) in [5, 5.41) is 3.47. The molecule has 0 radical (unpaired) electrons. The molecule has 4 bridgehead atoms. The number of rotatable bonds is 2. The molecule has 2 unspecified atom stereocenters. The molecule has 3 aliphatic rings. The zero-order chi connectivity index (χ0) is 31.3. The van der Waals surface area contributed by atoms with E-state index >= 15 is 0 Å². The number of allylic oxidation sites excluding steroid dienone is 2. The number of hydrogen-bond donors (Lipinski definition) is 0. The van der Waals surface area contributed by atoms with Crippen LogP contribution in [0.1, 0.15) is 96.1 Å². The molecule has 0 nitrogen and oxygen atoms in total. The van der Waals surface area contributed by atoms with E-state index in [0.717, 1.165) is 0 Å². The van der Waals surface area contributed by atoms with E-state index in [1.165, 1.54) is 33.4 Å². The Bertz CT molecular complexity index is 1730. The van der Waals surface area contributed by atoms with Crippen molar-refractivity contribution >= 4 is 18.5 Å². The topological polar surface area (TPSA) is 0 Å². The van der Waals surface area contributed by atoms with Crippen molar-refractivity contribution in [1.29, 1.82) is 0 Å². The summed E-state index contributed by atoms with van der Waals surface area (Å²) in [4.78, 5) is 0. The monoisotopic (exact) mass is 758 g/mol. The maximum atomic E-state index is 2.67. The Balaban J connectivity index is 1.41. The summed E-state index contributed by atoms with van der Waals surface area (Å²) in [5.74, 6) is 0. The van der Waals surface area contributed by atoms with E-state index in [1.807, 2.05) is 0 Å². The Labute approximate surface area is 278 Å². The summed E-state index contributed by atoms with van der Waals surface area (Å²) < 4.78 is 1.34. The molecule has 0 N–H and O–H groups in total. The van der Waals surface area contributed by atoms with Gasteiger partial charge in [-0.3, -0.25) is 0 Å². The van der Waals surface area contributed by atoms with Gasteiger partial charge in [-0.1, -0.05) is 0 Å². The molecule has 7 rings (SSSR count). The zero-order valence-electron chi connectivity index (χ0n) is 28.2. The van der Waals surface area contributed by atoms with Crippen LogP contribution in [0.3, 0.4) is 0 Å². The van der Waals surface area contributed by atoms with Crippen molar-refractivity contribution in [2.45, 2.75) is 86.7 Å². The Morgan fingerprint density at radius 3 is 1.23 bits per heavy atom. The van der Waals surface area contributed by atoms with Gasteiger partial charge in [0.25, 0.3) is 0 Å². The van der Waals surface area contributed by atoms with Crippen molar-refractivity contribution in [3.8, 4) is 22.3 Å². The van der Waals surface area contributed by atoms with Crippen LogP contribution >= 0.6 is 0 Å². The van der Waals surface area contributed by atoms with Gasteiger partial charge in [-0.05, 0) is 0 Å². The van der Waals surface area contributed by atoms with Crippen LogP contribution in [0, 0.1) is 0 Å². The standard InChI is InChI=1S/C42H46Si.Hf/c1-27-25-31-13-11-15-35(29-17-21-33(22-18-29)41(3,4)5)37(31)39(27)43(9,10)40-28(2)26-32-14-12-16-36(38(32)40)30-19-23-34(24-20-30)42(6,7)8;/h11-26H,1-10H3;. The second kappa shape index (κ2) is 10.2. The molecule has 4 aromatic carbocycles. The summed E-state index contributed by atoms with van der Waals surface area (Å²) in [7, 11) is -2.10. The van der Waals surface area contributed by atoms with Gasteiger partial charge in [0.2, 0.25) is 0 Å². The van der Waals surface area contributed by atoms with Gasteiger partial charge in [0.1, 0.15) is 0 Å². The van der Waals surface area contributed by atoms with E-state index in [2.05, 4.69) is 153 Å². The fourth-order valence-corrected chi connectivity index (χ4v) is 20.8. The van der Waals surface area contributed by atoms with Crippen LogP contribution in [0.25, 0.3) is 32.6 Å². The average molecular weight is 757 g/mol. The first-order valence-corrected chi connectivity index (χ1v) is 23.5. The Hall–Kier alpha value is -2.55. The van der Waals surface area contributed by atoms with Crippen molar-refractivity contribution < 1.29 is 22.9 Å². The second-order valence-corrected chi connectivity index (χ2v) is 25.6. The molecule has 1 heterocycles. The molecule has 44 heavy (non-hydrogen) atoms. The first-order valence-electron chi connectivity index (χ1n) is 16.4. The Morgan fingerprint density at radius 1 is 0.523 bits per heavy atom. The van der Waals surface area contributed by atoms with Gasteiger partial charge in [0, 0.05) is 0 Å². The fourth-order valence-electron chi connectivity index (χ4n) is 8.44. The van der Waals surface area contributed by atoms with Crippen LogP contribution in [0.15, 0.2) is 96.1 Å². The Kier molecular flexibility index (Phi) is 7.00. The molecule has 2 atom stereocenters. The van der Waals surface area contributed by atoms with Gasteiger partial charge in [-0.15, -0.1) is 0 Å². The summed E-state index contributed by atoms with van der Waals surface area (Å²) in [5.41, 5.74) is 18.7. The fraction of sp³-hybridized carbons (Fsp3) is 0.333. The van der Waals surface area contributed by atoms with Gasteiger partial charge in [0.15, 0.2) is 0 Å². The first-order chi connectivity index (χ1) is 20.7. The van der Waals surface area contributed by atoms with E-state index in [4.69, 9.17) is 0 Å². The maximum absolute atomic E-state index is 2.67.